The highest BCUT2D eigenvalue weighted by atomic mass is 79.9. The van der Waals surface area contributed by atoms with Crippen LogP contribution in [0.2, 0.25) is 0 Å². The molecule has 0 saturated heterocycles. The normalized spacial score (nSPS) is 11.8. The van der Waals surface area contributed by atoms with Crippen molar-refractivity contribution in [3.8, 4) is 0 Å². The lowest BCUT2D eigenvalue weighted by Crippen LogP contribution is -1.71. The number of rotatable bonds is 0. The predicted molar refractivity (Wildman–Crippen MR) is 75.4 cm³/mol. The molecule has 0 atom stereocenters. The van der Waals surface area contributed by atoms with Gasteiger partial charge in [0, 0.05) is 32.3 Å². The largest absolute Gasteiger partial charge is 0.359 e. The zero-order chi connectivity index (χ0) is 11.4. The van der Waals surface area contributed by atoms with Gasteiger partial charge in [0.05, 0.1) is 11.0 Å². The summed E-state index contributed by atoms with van der Waals surface area (Å²) >= 11 is 3.62. The monoisotopic (exact) mass is 284 g/mol. The quantitative estimate of drug-likeness (QED) is 0.474. The van der Waals surface area contributed by atoms with Crippen molar-refractivity contribution in [3.63, 3.8) is 0 Å². The van der Waals surface area contributed by atoms with Gasteiger partial charge in [-0.25, -0.2) is 0 Å². The lowest BCUT2D eigenvalue weighted by atomic mass is 10.1. The Balaban J connectivity index is 2.37. The molecule has 4 rings (SSSR count). The molecule has 17 heavy (non-hydrogen) atoms. The van der Waals surface area contributed by atoms with Crippen LogP contribution in [0.1, 0.15) is 0 Å². The summed E-state index contributed by atoms with van der Waals surface area (Å²) in [7, 11) is 0. The van der Waals surface area contributed by atoms with E-state index in [4.69, 9.17) is 0 Å². The van der Waals surface area contributed by atoms with Crippen molar-refractivity contribution in [2.24, 2.45) is 0 Å². The van der Waals surface area contributed by atoms with Crippen molar-refractivity contribution in [1.82, 2.24) is 9.97 Å². The molecule has 0 aliphatic rings. The van der Waals surface area contributed by atoms with Gasteiger partial charge in [-0.3, -0.25) is 0 Å². The number of halogens is 1. The maximum Gasteiger partial charge on any atom is 0.0710 e. The molecule has 2 nitrogen and oxygen atoms in total. The second-order valence-corrected chi connectivity index (χ2v) is 5.07. The van der Waals surface area contributed by atoms with Gasteiger partial charge in [0.15, 0.2) is 0 Å². The average molecular weight is 285 g/mol. The SMILES string of the molecule is Brc1cccc2[nH]c3c(ccc4cc[nH]c43)c12. The fourth-order valence-corrected chi connectivity index (χ4v) is 3.08. The summed E-state index contributed by atoms with van der Waals surface area (Å²) in [6.07, 6.45) is 1.98. The Morgan fingerprint density at radius 1 is 0.941 bits per heavy atom. The summed E-state index contributed by atoms with van der Waals surface area (Å²) in [5.74, 6) is 0. The molecule has 2 aromatic heterocycles. The van der Waals surface area contributed by atoms with Crippen LogP contribution in [0.15, 0.2) is 47.1 Å². The third kappa shape index (κ3) is 1.15. The van der Waals surface area contributed by atoms with Gasteiger partial charge >= 0.3 is 0 Å². The molecule has 2 heterocycles. The first-order chi connectivity index (χ1) is 8.34. The molecule has 0 radical (unpaired) electrons. The minimum Gasteiger partial charge on any atom is -0.359 e. The fourth-order valence-electron chi connectivity index (χ4n) is 2.50. The van der Waals surface area contributed by atoms with E-state index in [1.807, 2.05) is 12.3 Å². The number of fused-ring (bicyclic) bond motifs is 5. The molecule has 0 unspecified atom stereocenters. The second kappa shape index (κ2) is 3.14. The maximum atomic E-state index is 3.62. The highest BCUT2D eigenvalue weighted by Gasteiger charge is 2.09. The highest BCUT2D eigenvalue weighted by Crippen LogP contribution is 2.34. The van der Waals surface area contributed by atoms with Crippen LogP contribution >= 0.6 is 15.9 Å². The number of benzene rings is 2. The molecule has 0 spiro atoms. The molecule has 0 amide bonds. The summed E-state index contributed by atoms with van der Waals surface area (Å²) in [6, 6.07) is 12.7. The molecular weight excluding hydrogens is 276 g/mol. The average Bonchev–Trinajstić information content (AvgIpc) is 2.91. The van der Waals surface area contributed by atoms with Crippen molar-refractivity contribution in [3.05, 3.63) is 47.1 Å². The zero-order valence-corrected chi connectivity index (χ0v) is 10.5. The van der Waals surface area contributed by atoms with E-state index in [-0.39, 0.29) is 0 Å². The van der Waals surface area contributed by atoms with Crippen molar-refractivity contribution >= 4 is 48.6 Å². The smallest absolute Gasteiger partial charge is 0.0710 e. The van der Waals surface area contributed by atoms with E-state index in [0.717, 1.165) is 9.99 Å². The van der Waals surface area contributed by atoms with Crippen LogP contribution in [0.3, 0.4) is 0 Å². The van der Waals surface area contributed by atoms with Gasteiger partial charge in [-0.1, -0.05) is 34.1 Å². The molecule has 82 valence electrons. The Labute approximate surface area is 106 Å². The number of hydrogen-bond donors (Lipinski definition) is 2. The van der Waals surface area contributed by atoms with Gasteiger partial charge in [-0.15, -0.1) is 0 Å². The topological polar surface area (TPSA) is 31.6 Å². The van der Waals surface area contributed by atoms with E-state index >= 15 is 0 Å². The fraction of sp³-hybridized carbons (Fsp3) is 0. The van der Waals surface area contributed by atoms with Crippen molar-refractivity contribution in [2.45, 2.75) is 0 Å². The lowest BCUT2D eigenvalue weighted by Gasteiger charge is -1.95. The van der Waals surface area contributed by atoms with E-state index in [9.17, 15) is 0 Å². The molecule has 0 aliphatic heterocycles. The maximum absolute atomic E-state index is 3.62. The Kier molecular flexibility index (Phi) is 1.72. The second-order valence-electron chi connectivity index (χ2n) is 4.22. The molecule has 4 aromatic rings. The third-order valence-electron chi connectivity index (χ3n) is 3.27. The Morgan fingerprint density at radius 2 is 1.88 bits per heavy atom. The van der Waals surface area contributed by atoms with Crippen LogP contribution in [-0.2, 0) is 0 Å². The standard InChI is InChI=1S/C14H9BrN2/c15-10-2-1-3-11-12(10)9-5-4-8-6-7-16-13(8)14(9)17-11/h1-7,16-17H. The summed E-state index contributed by atoms with van der Waals surface area (Å²) in [5.41, 5.74) is 3.51. The van der Waals surface area contributed by atoms with Crippen LogP contribution in [0, 0.1) is 0 Å². The Bertz CT molecular complexity index is 854. The molecular formula is C14H9BrN2. The molecule has 2 N–H and O–H groups in total. The van der Waals surface area contributed by atoms with Gasteiger partial charge in [-0.05, 0) is 18.2 Å². The number of H-pyrrole nitrogens is 2. The van der Waals surface area contributed by atoms with Crippen molar-refractivity contribution in [2.75, 3.05) is 0 Å². The third-order valence-corrected chi connectivity index (χ3v) is 3.93. The van der Waals surface area contributed by atoms with E-state index in [2.05, 4.69) is 56.2 Å². The summed E-state index contributed by atoms with van der Waals surface area (Å²) in [6.45, 7) is 0. The zero-order valence-electron chi connectivity index (χ0n) is 8.92. The molecule has 2 aromatic carbocycles. The van der Waals surface area contributed by atoms with E-state index in [1.165, 1.54) is 27.2 Å². The highest BCUT2D eigenvalue weighted by molar-refractivity contribution is 9.10. The van der Waals surface area contributed by atoms with E-state index < -0.39 is 0 Å². The molecule has 0 aliphatic carbocycles. The van der Waals surface area contributed by atoms with Gasteiger partial charge in [0.1, 0.15) is 0 Å². The first-order valence-corrected chi connectivity index (χ1v) is 6.30. The number of aromatic nitrogens is 2. The van der Waals surface area contributed by atoms with Crippen LogP contribution in [0.4, 0.5) is 0 Å². The molecule has 3 heteroatoms. The predicted octanol–water partition coefficient (Wildman–Crippen LogP) is 4.56. The van der Waals surface area contributed by atoms with Crippen LogP contribution in [-0.4, -0.2) is 9.97 Å². The molecule has 0 fully saturated rings. The van der Waals surface area contributed by atoms with E-state index in [0.29, 0.717) is 0 Å². The Morgan fingerprint density at radius 3 is 2.82 bits per heavy atom. The van der Waals surface area contributed by atoms with Crippen LogP contribution in [0.5, 0.6) is 0 Å². The first-order valence-electron chi connectivity index (χ1n) is 5.50. The first kappa shape index (κ1) is 9.31. The van der Waals surface area contributed by atoms with Gasteiger partial charge in [0.2, 0.25) is 0 Å². The summed E-state index contributed by atoms with van der Waals surface area (Å²) < 4.78 is 1.13. The minimum absolute atomic E-state index is 1.13. The molecule has 0 saturated carbocycles. The van der Waals surface area contributed by atoms with Gasteiger partial charge < -0.3 is 9.97 Å². The van der Waals surface area contributed by atoms with E-state index in [1.54, 1.807) is 0 Å². The minimum atomic E-state index is 1.13. The van der Waals surface area contributed by atoms with Crippen LogP contribution in [0.25, 0.3) is 32.7 Å². The Hall–Kier alpha value is -1.74. The van der Waals surface area contributed by atoms with Crippen molar-refractivity contribution < 1.29 is 0 Å². The number of aromatic amines is 2. The van der Waals surface area contributed by atoms with Crippen LogP contribution < -0.4 is 0 Å². The lowest BCUT2D eigenvalue weighted by molar-refractivity contribution is 1.47. The van der Waals surface area contributed by atoms with Crippen molar-refractivity contribution in [1.29, 1.82) is 0 Å². The molecule has 0 bridgehead atoms. The van der Waals surface area contributed by atoms with Gasteiger partial charge in [-0.2, -0.15) is 0 Å². The number of nitrogens with one attached hydrogen (secondary N) is 2. The number of hydrogen-bond acceptors (Lipinski definition) is 0. The summed E-state index contributed by atoms with van der Waals surface area (Å²) in [5, 5.41) is 3.74. The summed E-state index contributed by atoms with van der Waals surface area (Å²) in [4.78, 5) is 6.78. The van der Waals surface area contributed by atoms with Gasteiger partial charge in [0.25, 0.3) is 0 Å².